The van der Waals surface area contributed by atoms with E-state index in [4.69, 9.17) is 0 Å². The molecule has 0 aliphatic rings. The first-order valence-corrected chi connectivity index (χ1v) is 6.78. The molecule has 7 heteroatoms. The van der Waals surface area contributed by atoms with Crippen LogP contribution in [-0.4, -0.2) is 15.2 Å². The van der Waals surface area contributed by atoms with E-state index in [1.165, 1.54) is 12.3 Å². The Morgan fingerprint density at radius 1 is 1.56 bits per heavy atom. The molecule has 16 heavy (non-hydrogen) atoms. The van der Waals surface area contributed by atoms with Crippen LogP contribution in [0.3, 0.4) is 0 Å². The van der Waals surface area contributed by atoms with Crippen molar-refractivity contribution in [2.75, 3.05) is 0 Å². The lowest BCUT2D eigenvalue weighted by Gasteiger charge is -2.05. The highest BCUT2D eigenvalue weighted by Crippen LogP contribution is 2.34. The molecule has 0 aliphatic heterocycles. The lowest BCUT2D eigenvalue weighted by molar-refractivity contribution is -0.385. The molecule has 0 aromatic carbocycles. The monoisotopic (exact) mass is 280 g/mol. The van der Waals surface area contributed by atoms with Gasteiger partial charge in [0.25, 0.3) is 5.69 Å². The molecule has 1 unspecified atom stereocenters. The van der Waals surface area contributed by atoms with E-state index in [1.54, 1.807) is 27.7 Å². The van der Waals surface area contributed by atoms with Crippen molar-refractivity contribution in [1.29, 1.82) is 0 Å². The zero-order valence-electron chi connectivity index (χ0n) is 8.95. The first-order chi connectivity index (χ1) is 7.13. The molecular formula is C9H13ClN2O2S2. The van der Waals surface area contributed by atoms with Crippen molar-refractivity contribution in [2.24, 2.45) is 0 Å². The highest BCUT2D eigenvalue weighted by molar-refractivity contribution is 8.76. The Bertz CT molecular complexity index is 335. The molecule has 90 valence electrons. The van der Waals surface area contributed by atoms with E-state index in [0.29, 0.717) is 5.25 Å². The highest BCUT2D eigenvalue weighted by atomic mass is 35.5. The fraction of sp³-hybridized carbons (Fsp3) is 0.444. The van der Waals surface area contributed by atoms with Gasteiger partial charge in [-0.15, -0.1) is 12.4 Å². The third kappa shape index (κ3) is 5.05. The van der Waals surface area contributed by atoms with Gasteiger partial charge in [-0.1, -0.05) is 24.6 Å². The standard InChI is InChI=1S/C9H12N2O2S2.ClH/c1-3-7(2)14-15-9-5-4-8(6-10-9)11(12)13;/h4-7H,3H2,1-2H3;1H. The summed E-state index contributed by atoms with van der Waals surface area (Å²) in [4.78, 5) is 13.9. The molecule has 0 spiro atoms. The minimum Gasteiger partial charge on any atom is -0.258 e. The van der Waals surface area contributed by atoms with Crippen LogP contribution in [0.15, 0.2) is 23.4 Å². The van der Waals surface area contributed by atoms with Gasteiger partial charge >= 0.3 is 0 Å². The summed E-state index contributed by atoms with van der Waals surface area (Å²) >= 11 is 0. The fourth-order valence-corrected chi connectivity index (χ4v) is 2.84. The molecular weight excluding hydrogens is 268 g/mol. The van der Waals surface area contributed by atoms with Crippen LogP contribution < -0.4 is 0 Å². The average Bonchev–Trinajstić information content (AvgIpc) is 2.26. The van der Waals surface area contributed by atoms with Gasteiger partial charge in [0.05, 0.1) is 4.92 Å². The number of hydrogen-bond acceptors (Lipinski definition) is 5. The predicted octanol–water partition coefficient (Wildman–Crippen LogP) is 3.95. The highest BCUT2D eigenvalue weighted by Gasteiger charge is 2.07. The zero-order valence-corrected chi connectivity index (χ0v) is 11.4. The first-order valence-electron chi connectivity index (χ1n) is 4.57. The molecule has 0 N–H and O–H groups in total. The van der Waals surface area contributed by atoms with Crippen LogP contribution in [0.1, 0.15) is 20.3 Å². The number of halogens is 1. The SMILES string of the molecule is CCC(C)SSc1ccc([N+](=O)[O-])cn1.Cl. The Balaban J connectivity index is 0.00000225. The zero-order chi connectivity index (χ0) is 11.3. The Kier molecular flexibility index (Phi) is 7.53. The van der Waals surface area contributed by atoms with Crippen molar-refractivity contribution in [3.63, 3.8) is 0 Å². The maximum Gasteiger partial charge on any atom is 0.287 e. The van der Waals surface area contributed by atoms with E-state index in [9.17, 15) is 10.1 Å². The minimum absolute atomic E-state index is 0. The number of nitrogens with zero attached hydrogens (tertiary/aromatic N) is 2. The lowest BCUT2D eigenvalue weighted by atomic mass is 10.4. The molecule has 1 rings (SSSR count). The summed E-state index contributed by atoms with van der Waals surface area (Å²) in [6.07, 6.45) is 2.39. The fourth-order valence-electron chi connectivity index (χ4n) is 0.729. The van der Waals surface area contributed by atoms with Gasteiger partial charge in [-0.05, 0) is 23.3 Å². The molecule has 0 bridgehead atoms. The second-order valence-electron chi connectivity index (χ2n) is 3.01. The van der Waals surface area contributed by atoms with Gasteiger partial charge < -0.3 is 0 Å². The molecule has 1 atom stereocenters. The van der Waals surface area contributed by atoms with Gasteiger partial charge in [0, 0.05) is 11.3 Å². The number of rotatable bonds is 5. The van der Waals surface area contributed by atoms with E-state index < -0.39 is 4.92 Å². The maximum atomic E-state index is 10.4. The summed E-state index contributed by atoms with van der Waals surface area (Å²) < 4.78 is 0. The van der Waals surface area contributed by atoms with Gasteiger partial charge in [0.1, 0.15) is 11.2 Å². The minimum atomic E-state index is -0.441. The normalized spacial score (nSPS) is 11.6. The summed E-state index contributed by atoms with van der Waals surface area (Å²) in [5.41, 5.74) is 0.0351. The second kappa shape index (κ2) is 7.76. The molecule has 0 saturated heterocycles. The lowest BCUT2D eigenvalue weighted by Crippen LogP contribution is -1.90. The van der Waals surface area contributed by atoms with Crippen molar-refractivity contribution in [3.8, 4) is 0 Å². The van der Waals surface area contributed by atoms with Crippen LogP contribution in [0.5, 0.6) is 0 Å². The number of hydrogen-bond donors (Lipinski definition) is 0. The van der Waals surface area contributed by atoms with E-state index >= 15 is 0 Å². The summed E-state index contributed by atoms with van der Waals surface area (Å²) in [5, 5.41) is 11.8. The number of pyridine rings is 1. The van der Waals surface area contributed by atoms with Gasteiger partial charge in [0.2, 0.25) is 0 Å². The molecule has 1 aromatic heterocycles. The Labute approximate surface area is 109 Å². The molecule has 4 nitrogen and oxygen atoms in total. The molecule has 0 saturated carbocycles. The molecule has 0 radical (unpaired) electrons. The first kappa shape index (κ1) is 15.5. The van der Waals surface area contributed by atoms with Crippen LogP contribution >= 0.6 is 34.0 Å². The topological polar surface area (TPSA) is 56.0 Å². The summed E-state index contributed by atoms with van der Waals surface area (Å²) in [6, 6.07) is 3.16. The molecule has 0 aliphatic carbocycles. The van der Waals surface area contributed by atoms with Crippen molar-refractivity contribution in [1.82, 2.24) is 4.98 Å². The quantitative estimate of drug-likeness (QED) is 0.464. The maximum absolute atomic E-state index is 10.4. The molecule has 0 fully saturated rings. The average molecular weight is 281 g/mol. The van der Waals surface area contributed by atoms with Gasteiger partial charge in [0.15, 0.2) is 0 Å². The van der Waals surface area contributed by atoms with E-state index in [0.717, 1.165) is 11.4 Å². The molecule has 1 heterocycles. The van der Waals surface area contributed by atoms with E-state index in [1.807, 2.05) is 0 Å². The van der Waals surface area contributed by atoms with Gasteiger partial charge in [-0.25, -0.2) is 4.98 Å². The van der Waals surface area contributed by atoms with Crippen molar-refractivity contribution in [2.45, 2.75) is 30.5 Å². The summed E-state index contributed by atoms with van der Waals surface area (Å²) in [5.74, 6) is 0. The van der Waals surface area contributed by atoms with Crippen LogP contribution in [0.2, 0.25) is 0 Å². The van der Waals surface area contributed by atoms with Gasteiger partial charge in [-0.2, -0.15) is 0 Å². The number of nitro groups is 1. The van der Waals surface area contributed by atoms with Gasteiger partial charge in [-0.3, -0.25) is 10.1 Å². The third-order valence-corrected chi connectivity index (χ3v) is 4.76. The molecule has 1 aromatic rings. The summed E-state index contributed by atoms with van der Waals surface area (Å²) in [6.45, 7) is 4.27. The van der Waals surface area contributed by atoms with E-state index in [2.05, 4.69) is 18.8 Å². The summed E-state index contributed by atoms with van der Waals surface area (Å²) in [7, 11) is 3.28. The number of aromatic nitrogens is 1. The largest absolute Gasteiger partial charge is 0.287 e. The van der Waals surface area contributed by atoms with Crippen molar-refractivity contribution in [3.05, 3.63) is 28.4 Å². The van der Waals surface area contributed by atoms with Crippen LogP contribution in [0.4, 0.5) is 5.69 Å². The van der Waals surface area contributed by atoms with Crippen molar-refractivity contribution >= 4 is 39.7 Å². The Morgan fingerprint density at radius 2 is 2.25 bits per heavy atom. The second-order valence-corrected chi connectivity index (χ2v) is 5.67. The van der Waals surface area contributed by atoms with E-state index in [-0.39, 0.29) is 18.1 Å². The van der Waals surface area contributed by atoms with Crippen LogP contribution in [0.25, 0.3) is 0 Å². The van der Waals surface area contributed by atoms with Crippen LogP contribution in [-0.2, 0) is 0 Å². The Morgan fingerprint density at radius 3 is 2.69 bits per heavy atom. The Hall–Kier alpha value is -0.460. The molecule has 0 amide bonds. The smallest absolute Gasteiger partial charge is 0.258 e. The van der Waals surface area contributed by atoms with Crippen molar-refractivity contribution < 1.29 is 4.92 Å². The van der Waals surface area contributed by atoms with Crippen LogP contribution in [0, 0.1) is 10.1 Å². The predicted molar refractivity (Wildman–Crippen MR) is 71.3 cm³/mol. The third-order valence-electron chi connectivity index (χ3n) is 1.80.